The van der Waals surface area contributed by atoms with E-state index in [0.717, 1.165) is 32.6 Å². The van der Waals surface area contributed by atoms with Crippen LogP contribution in [-0.4, -0.2) is 78.4 Å². The average Bonchev–Trinajstić information content (AvgIpc) is 3.05. The number of aliphatic carboxylic acids is 1. The van der Waals surface area contributed by atoms with Crippen LogP contribution in [-0.2, 0) is 14.3 Å². The SMILES string of the molecule is CN1C[C@H]2C[C@H](C(=O)N3CCCC3)[C@@H](C1)O2.O=C(O)C(F)(F)F. The number of amides is 1. The van der Waals surface area contributed by atoms with Gasteiger partial charge in [-0.05, 0) is 26.3 Å². The standard InChI is InChI=1S/C12H20N2O2.C2HF3O2/c1-13-7-9-6-10(11(8-13)16-9)12(15)14-4-2-3-5-14;3-2(4,5)1(6)7/h9-11H,2-8H2,1H3;(H,6,7)/t9-,10+,11-;/m1./s1. The first-order chi connectivity index (χ1) is 10.7. The first kappa shape index (κ1) is 18.0. The zero-order valence-electron chi connectivity index (χ0n) is 12.9. The van der Waals surface area contributed by atoms with Gasteiger partial charge in [-0.1, -0.05) is 0 Å². The molecule has 0 aliphatic carbocycles. The van der Waals surface area contributed by atoms with Gasteiger partial charge in [0.2, 0.25) is 5.91 Å². The largest absolute Gasteiger partial charge is 0.490 e. The maximum Gasteiger partial charge on any atom is 0.490 e. The first-order valence-electron chi connectivity index (χ1n) is 7.61. The number of ether oxygens (including phenoxy) is 1. The van der Waals surface area contributed by atoms with E-state index in [-0.39, 0.29) is 12.0 Å². The van der Waals surface area contributed by atoms with Crippen LogP contribution in [0.4, 0.5) is 13.2 Å². The number of carboxylic acids is 1. The van der Waals surface area contributed by atoms with Crippen LogP contribution in [0.3, 0.4) is 0 Å². The van der Waals surface area contributed by atoms with Gasteiger partial charge in [0.1, 0.15) is 0 Å². The van der Waals surface area contributed by atoms with E-state index in [2.05, 4.69) is 11.9 Å². The molecular formula is C14H21F3N2O4. The molecule has 0 radical (unpaired) electrons. The number of fused-ring (bicyclic) bond motifs is 2. The van der Waals surface area contributed by atoms with E-state index in [1.54, 1.807) is 0 Å². The van der Waals surface area contributed by atoms with Gasteiger partial charge >= 0.3 is 12.1 Å². The topological polar surface area (TPSA) is 70.1 Å². The fourth-order valence-electron chi connectivity index (χ4n) is 3.28. The van der Waals surface area contributed by atoms with Crippen LogP contribution in [0.2, 0.25) is 0 Å². The average molecular weight is 338 g/mol. The Balaban J connectivity index is 0.000000236. The monoisotopic (exact) mass is 338 g/mol. The minimum Gasteiger partial charge on any atom is -0.475 e. The molecule has 3 rings (SSSR count). The van der Waals surface area contributed by atoms with Gasteiger partial charge in [-0.2, -0.15) is 13.2 Å². The highest BCUT2D eigenvalue weighted by Gasteiger charge is 2.45. The van der Waals surface area contributed by atoms with Crippen molar-refractivity contribution in [1.82, 2.24) is 9.80 Å². The molecule has 1 amide bonds. The van der Waals surface area contributed by atoms with Crippen LogP contribution in [0, 0.1) is 5.92 Å². The smallest absolute Gasteiger partial charge is 0.475 e. The molecule has 23 heavy (non-hydrogen) atoms. The molecule has 0 aromatic carbocycles. The van der Waals surface area contributed by atoms with E-state index in [1.807, 2.05) is 4.90 Å². The molecule has 3 heterocycles. The van der Waals surface area contributed by atoms with Crippen molar-refractivity contribution in [3.05, 3.63) is 0 Å². The lowest BCUT2D eigenvalue weighted by molar-refractivity contribution is -0.192. The number of carbonyl (C=O) groups is 2. The maximum absolute atomic E-state index is 12.3. The zero-order chi connectivity index (χ0) is 17.2. The molecule has 0 spiro atoms. The summed E-state index contributed by atoms with van der Waals surface area (Å²) in [4.78, 5) is 25.5. The van der Waals surface area contributed by atoms with E-state index in [0.29, 0.717) is 12.0 Å². The second-order valence-corrected chi connectivity index (χ2v) is 6.20. The van der Waals surface area contributed by atoms with Crippen molar-refractivity contribution in [1.29, 1.82) is 0 Å². The molecule has 0 aromatic rings. The van der Waals surface area contributed by atoms with Crippen LogP contribution in [0.25, 0.3) is 0 Å². The molecule has 132 valence electrons. The highest BCUT2D eigenvalue weighted by Crippen LogP contribution is 2.33. The Morgan fingerprint density at radius 3 is 2.26 bits per heavy atom. The third kappa shape index (κ3) is 4.57. The maximum atomic E-state index is 12.3. The van der Waals surface area contributed by atoms with Crippen LogP contribution in [0.5, 0.6) is 0 Å². The summed E-state index contributed by atoms with van der Waals surface area (Å²) < 4.78 is 37.6. The van der Waals surface area contributed by atoms with Crippen molar-refractivity contribution in [2.45, 2.75) is 37.6 Å². The number of hydrogen-bond acceptors (Lipinski definition) is 4. The molecule has 3 aliphatic rings. The van der Waals surface area contributed by atoms with Crippen molar-refractivity contribution >= 4 is 11.9 Å². The number of carboxylic acid groups (broad SMARTS) is 1. The lowest BCUT2D eigenvalue weighted by Crippen LogP contribution is -2.44. The van der Waals surface area contributed by atoms with Gasteiger partial charge < -0.3 is 19.6 Å². The lowest BCUT2D eigenvalue weighted by atomic mass is 9.99. The Labute approximate surface area is 132 Å². The quantitative estimate of drug-likeness (QED) is 0.771. The summed E-state index contributed by atoms with van der Waals surface area (Å²) in [6.07, 6.45) is -1.36. The molecule has 9 heteroatoms. The van der Waals surface area contributed by atoms with Gasteiger partial charge in [0, 0.05) is 26.2 Å². The highest BCUT2D eigenvalue weighted by molar-refractivity contribution is 5.80. The number of likely N-dealkylation sites (tertiary alicyclic amines) is 2. The lowest BCUT2D eigenvalue weighted by Gasteiger charge is -2.30. The van der Waals surface area contributed by atoms with Crippen molar-refractivity contribution in [2.24, 2.45) is 5.92 Å². The third-order valence-corrected chi connectivity index (χ3v) is 4.32. The van der Waals surface area contributed by atoms with Crippen LogP contribution in [0.15, 0.2) is 0 Å². The van der Waals surface area contributed by atoms with Crippen molar-refractivity contribution in [3.8, 4) is 0 Å². The Hall–Kier alpha value is -1.35. The molecule has 2 bridgehead atoms. The predicted octanol–water partition coefficient (Wildman–Crippen LogP) is 0.961. The minimum atomic E-state index is -5.08. The Morgan fingerprint density at radius 1 is 1.17 bits per heavy atom. The van der Waals surface area contributed by atoms with Crippen LogP contribution < -0.4 is 0 Å². The molecule has 0 aromatic heterocycles. The number of nitrogens with zero attached hydrogens (tertiary/aromatic N) is 2. The molecular weight excluding hydrogens is 317 g/mol. The number of alkyl halides is 3. The van der Waals surface area contributed by atoms with Gasteiger partial charge in [-0.3, -0.25) is 4.79 Å². The molecule has 3 atom stereocenters. The van der Waals surface area contributed by atoms with Gasteiger partial charge in [0.25, 0.3) is 0 Å². The summed E-state index contributed by atoms with van der Waals surface area (Å²) in [5.74, 6) is -2.28. The van der Waals surface area contributed by atoms with Gasteiger partial charge in [0.05, 0.1) is 18.1 Å². The summed E-state index contributed by atoms with van der Waals surface area (Å²) in [6.45, 7) is 3.83. The number of hydrogen-bond donors (Lipinski definition) is 1. The molecule has 0 unspecified atom stereocenters. The molecule has 6 nitrogen and oxygen atoms in total. The molecule has 0 saturated carbocycles. The Kier molecular flexibility index (Phi) is 5.51. The molecule has 3 fully saturated rings. The molecule has 3 saturated heterocycles. The normalized spacial score (nSPS) is 30.8. The fourth-order valence-corrected chi connectivity index (χ4v) is 3.28. The Morgan fingerprint density at radius 2 is 1.74 bits per heavy atom. The van der Waals surface area contributed by atoms with Crippen molar-refractivity contribution < 1.29 is 32.6 Å². The molecule has 3 aliphatic heterocycles. The van der Waals surface area contributed by atoms with Crippen molar-refractivity contribution in [2.75, 3.05) is 33.2 Å². The zero-order valence-corrected chi connectivity index (χ0v) is 12.9. The highest BCUT2D eigenvalue weighted by atomic mass is 19.4. The van der Waals surface area contributed by atoms with E-state index >= 15 is 0 Å². The number of halogens is 3. The summed E-state index contributed by atoms with van der Waals surface area (Å²) in [5.41, 5.74) is 0. The minimum absolute atomic E-state index is 0.132. The van der Waals surface area contributed by atoms with E-state index in [1.165, 1.54) is 12.8 Å². The van der Waals surface area contributed by atoms with Crippen molar-refractivity contribution in [3.63, 3.8) is 0 Å². The van der Waals surface area contributed by atoms with E-state index in [4.69, 9.17) is 14.6 Å². The Bertz CT molecular complexity index is 452. The second kappa shape index (κ2) is 7.04. The van der Waals surface area contributed by atoms with E-state index in [9.17, 15) is 18.0 Å². The first-order valence-corrected chi connectivity index (χ1v) is 7.61. The van der Waals surface area contributed by atoms with Gasteiger partial charge in [-0.15, -0.1) is 0 Å². The molecule has 1 N–H and O–H groups in total. The van der Waals surface area contributed by atoms with Gasteiger partial charge in [0.15, 0.2) is 0 Å². The number of carbonyl (C=O) groups excluding carboxylic acids is 1. The summed E-state index contributed by atoms with van der Waals surface area (Å²) >= 11 is 0. The van der Waals surface area contributed by atoms with Crippen LogP contribution in [0.1, 0.15) is 19.3 Å². The third-order valence-electron chi connectivity index (χ3n) is 4.32. The summed E-state index contributed by atoms with van der Waals surface area (Å²) in [6, 6.07) is 0. The fraction of sp³-hybridized carbons (Fsp3) is 0.857. The predicted molar refractivity (Wildman–Crippen MR) is 73.8 cm³/mol. The summed E-state index contributed by atoms with van der Waals surface area (Å²) in [7, 11) is 2.12. The van der Waals surface area contributed by atoms with Gasteiger partial charge in [-0.25, -0.2) is 4.79 Å². The number of rotatable bonds is 1. The second-order valence-electron chi connectivity index (χ2n) is 6.20. The summed E-state index contributed by atoms with van der Waals surface area (Å²) in [5, 5.41) is 7.12. The number of likely N-dealkylation sites (N-methyl/N-ethyl adjacent to an activating group) is 1. The number of morpholine rings is 1. The van der Waals surface area contributed by atoms with E-state index < -0.39 is 12.1 Å². The van der Waals surface area contributed by atoms with Crippen LogP contribution >= 0.6 is 0 Å².